The molecule has 1 atom stereocenters. The number of ether oxygens (including phenoxy) is 1. The maximum atomic E-state index is 14.6. The number of para-hydroxylation sites is 2. The van der Waals surface area contributed by atoms with Gasteiger partial charge in [-0.25, -0.2) is 19.2 Å². The van der Waals surface area contributed by atoms with Crippen molar-refractivity contribution in [3.8, 4) is 5.75 Å². The first kappa shape index (κ1) is 23.3. The average Bonchev–Trinajstić information content (AvgIpc) is 3.06. The number of benzene rings is 3. The molecule has 1 N–H and O–H groups in total. The van der Waals surface area contributed by atoms with Crippen LogP contribution in [0.1, 0.15) is 16.7 Å². The monoisotopic (exact) mass is 483 g/mol. The lowest BCUT2D eigenvalue weighted by Crippen LogP contribution is -2.46. The van der Waals surface area contributed by atoms with Crippen LogP contribution in [0, 0.1) is 11.6 Å². The maximum Gasteiger partial charge on any atom is 0.416 e. The van der Waals surface area contributed by atoms with Crippen molar-refractivity contribution in [2.24, 2.45) is 0 Å². The highest BCUT2D eigenvalue weighted by atomic mass is 35.5. The summed E-state index contributed by atoms with van der Waals surface area (Å²) in [5.41, 5.74) is 2.72. The molecule has 0 spiro atoms. The number of hydrazine groups is 1. The summed E-state index contributed by atoms with van der Waals surface area (Å²) < 4.78 is 73.5. The van der Waals surface area contributed by atoms with E-state index in [-0.39, 0.29) is 18.8 Å². The van der Waals surface area contributed by atoms with Crippen molar-refractivity contribution in [1.82, 2.24) is 10.4 Å². The second kappa shape index (κ2) is 8.81. The van der Waals surface area contributed by atoms with Gasteiger partial charge in [0.15, 0.2) is 0 Å². The summed E-state index contributed by atoms with van der Waals surface area (Å²) >= 11 is 6.78. The van der Waals surface area contributed by atoms with Gasteiger partial charge in [-0.2, -0.15) is 13.2 Å². The van der Waals surface area contributed by atoms with E-state index in [4.69, 9.17) is 16.3 Å². The molecule has 4 nitrogen and oxygen atoms in total. The van der Waals surface area contributed by atoms with Gasteiger partial charge in [0.2, 0.25) is 5.12 Å². The Morgan fingerprint density at radius 3 is 2.24 bits per heavy atom. The van der Waals surface area contributed by atoms with Gasteiger partial charge < -0.3 is 9.64 Å². The van der Waals surface area contributed by atoms with Gasteiger partial charge in [-0.3, -0.25) is 0 Å². The van der Waals surface area contributed by atoms with Crippen LogP contribution in [0.2, 0.25) is 0 Å². The smallest absolute Gasteiger partial charge is 0.416 e. The zero-order valence-corrected chi connectivity index (χ0v) is 18.1. The molecule has 174 valence electrons. The van der Waals surface area contributed by atoms with E-state index >= 15 is 0 Å². The van der Waals surface area contributed by atoms with Crippen LogP contribution in [-0.2, 0) is 17.9 Å². The third kappa shape index (κ3) is 4.62. The fraction of sp³-hybridized carbons (Fsp3) is 0.217. The summed E-state index contributed by atoms with van der Waals surface area (Å²) in [6, 6.07) is 14.9. The molecule has 3 aromatic carbocycles. The lowest BCUT2D eigenvalue weighted by Gasteiger charge is -2.34. The topological polar surface area (TPSA) is 27.7 Å². The number of hydrogen-bond acceptors (Lipinski definition) is 4. The Hall–Kier alpha value is -2.88. The maximum absolute atomic E-state index is 14.6. The zero-order chi connectivity index (χ0) is 23.8. The van der Waals surface area contributed by atoms with Crippen molar-refractivity contribution >= 4 is 17.3 Å². The lowest BCUT2D eigenvalue weighted by atomic mass is 10.1. The van der Waals surface area contributed by atoms with E-state index in [1.54, 1.807) is 36.3 Å². The van der Waals surface area contributed by atoms with E-state index in [1.807, 2.05) is 0 Å². The molecule has 0 aliphatic carbocycles. The molecule has 0 amide bonds. The highest BCUT2D eigenvalue weighted by Gasteiger charge is 2.48. The Morgan fingerprint density at radius 2 is 1.61 bits per heavy atom. The molecule has 0 aromatic heterocycles. The Balaban J connectivity index is 1.63. The van der Waals surface area contributed by atoms with Crippen molar-refractivity contribution in [2.75, 3.05) is 18.6 Å². The van der Waals surface area contributed by atoms with Crippen LogP contribution in [0.3, 0.4) is 0 Å². The van der Waals surface area contributed by atoms with Crippen LogP contribution in [0.25, 0.3) is 0 Å². The van der Waals surface area contributed by atoms with Gasteiger partial charge in [-0.05, 0) is 42.0 Å². The van der Waals surface area contributed by atoms with E-state index in [1.165, 1.54) is 23.1 Å². The minimum absolute atomic E-state index is 0.0183. The third-order valence-electron chi connectivity index (χ3n) is 5.19. The van der Waals surface area contributed by atoms with Crippen molar-refractivity contribution in [2.45, 2.75) is 17.9 Å². The molecular weight excluding hydrogens is 465 g/mol. The molecule has 1 aliphatic rings. The quantitative estimate of drug-likeness (QED) is 0.281. The molecule has 1 saturated heterocycles. The van der Waals surface area contributed by atoms with Crippen molar-refractivity contribution < 1.29 is 26.7 Å². The predicted octanol–water partition coefficient (Wildman–Crippen LogP) is 5.83. The van der Waals surface area contributed by atoms with Crippen LogP contribution >= 0.6 is 11.6 Å². The Bertz CT molecular complexity index is 1120. The summed E-state index contributed by atoms with van der Waals surface area (Å²) in [6.45, 7) is 0.146. The Morgan fingerprint density at radius 1 is 0.970 bits per heavy atom. The van der Waals surface area contributed by atoms with Gasteiger partial charge in [0, 0.05) is 7.05 Å². The van der Waals surface area contributed by atoms with Gasteiger partial charge in [0.25, 0.3) is 0 Å². The molecule has 1 unspecified atom stereocenters. The molecule has 0 saturated carbocycles. The number of nitrogens with one attached hydrogen (secondary N) is 1. The van der Waals surface area contributed by atoms with E-state index in [0.29, 0.717) is 17.0 Å². The molecule has 4 rings (SSSR count). The molecule has 33 heavy (non-hydrogen) atoms. The molecule has 1 fully saturated rings. The second-order valence-electron chi connectivity index (χ2n) is 7.55. The first-order valence-corrected chi connectivity index (χ1v) is 10.3. The minimum atomic E-state index is -4.42. The fourth-order valence-electron chi connectivity index (χ4n) is 3.66. The molecule has 0 bridgehead atoms. The molecular formula is C23H19ClF5N3O. The first-order valence-electron chi connectivity index (χ1n) is 9.87. The number of anilines is 1. The highest BCUT2D eigenvalue weighted by Crippen LogP contribution is 2.44. The molecule has 0 radical (unpaired) electrons. The number of halogens is 6. The average molecular weight is 484 g/mol. The van der Waals surface area contributed by atoms with Gasteiger partial charge in [0.1, 0.15) is 24.0 Å². The van der Waals surface area contributed by atoms with E-state index in [9.17, 15) is 22.0 Å². The van der Waals surface area contributed by atoms with Crippen LogP contribution in [0.4, 0.5) is 27.6 Å². The normalized spacial score (nSPS) is 19.2. The molecule has 1 aliphatic heterocycles. The zero-order valence-electron chi connectivity index (χ0n) is 17.3. The van der Waals surface area contributed by atoms with Crippen molar-refractivity contribution in [3.05, 3.63) is 95.1 Å². The Labute approximate surface area is 192 Å². The van der Waals surface area contributed by atoms with Crippen LogP contribution in [0.15, 0.2) is 66.7 Å². The number of rotatable bonds is 5. The molecule has 3 aromatic rings. The van der Waals surface area contributed by atoms with E-state index in [0.717, 1.165) is 24.3 Å². The van der Waals surface area contributed by atoms with Gasteiger partial charge in [0.05, 0.1) is 23.5 Å². The first-order chi connectivity index (χ1) is 15.6. The van der Waals surface area contributed by atoms with Crippen LogP contribution < -0.4 is 15.1 Å². The standard InChI is InChI=1S/C23H19ClF5N3O/c1-31-14-32(22(24,30-31)21-17(25)5-4-6-18(21)26)19-7-2-3-8-20(19)33-13-15-9-11-16(12-10-15)23(27,28)29/h2-12,30H,13-14H2,1H3. The van der Waals surface area contributed by atoms with E-state index < -0.39 is 28.5 Å². The number of alkyl halides is 4. The minimum Gasteiger partial charge on any atom is -0.487 e. The third-order valence-corrected chi connectivity index (χ3v) is 5.67. The summed E-state index contributed by atoms with van der Waals surface area (Å²) in [5, 5.41) is -0.205. The summed E-state index contributed by atoms with van der Waals surface area (Å²) in [4.78, 5) is 1.54. The lowest BCUT2D eigenvalue weighted by molar-refractivity contribution is -0.137. The van der Waals surface area contributed by atoms with Crippen molar-refractivity contribution in [3.63, 3.8) is 0 Å². The summed E-state index contributed by atoms with van der Waals surface area (Å²) in [5.74, 6) is -1.29. The predicted molar refractivity (Wildman–Crippen MR) is 114 cm³/mol. The summed E-state index contributed by atoms with van der Waals surface area (Å²) in [6.07, 6.45) is -4.42. The van der Waals surface area contributed by atoms with Crippen LogP contribution in [-0.4, -0.2) is 18.7 Å². The van der Waals surface area contributed by atoms with Gasteiger partial charge >= 0.3 is 6.18 Å². The number of nitrogens with zero attached hydrogens (tertiary/aromatic N) is 2. The second-order valence-corrected chi connectivity index (χ2v) is 8.10. The largest absolute Gasteiger partial charge is 0.487 e. The van der Waals surface area contributed by atoms with Crippen molar-refractivity contribution in [1.29, 1.82) is 0 Å². The van der Waals surface area contributed by atoms with Gasteiger partial charge in [-0.15, -0.1) is 0 Å². The van der Waals surface area contributed by atoms with Gasteiger partial charge in [-0.1, -0.05) is 41.9 Å². The number of hydrogen-bond donors (Lipinski definition) is 1. The molecule has 1 heterocycles. The van der Waals surface area contributed by atoms with E-state index in [2.05, 4.69) is 5.43 Å². The Kier molecular flexibility index (Phi) is 6.22. The highest BCUT2D eigenvalue weighted by molar-refractivity contribution is 6.25. The molecule has 10 heteroatoms. The SMILES string of the molecule is CN1CN(c2ccccc2OCc2ccc(C(F)(F)F)cc2)C(Cl)(c2c(F)cccc2F)N1. The van der Waals surface area contributed by atoms with Crippen LogP contribution in [0.5, 0.6) is 5.75 Å². The summed E-state index contributed by atoms with van der Waals surface area (Å²) in [7, 11) is 1.67. The fourth-order valence-corrected chi connectivity index (χ4v) is 4.13.